The van der Waals surface area contributed by atoms with E-state index in [0.29, 0.717) is 0 Å². The molecule has 0 spiro atoms. The molecule has 0 heterocycles. The zero-order chi connectivity index (χ0) is 10.4. The molecular formula is C2H14O10P2. The molecule has 0 saturated heterocycles. The van der Waals surface area contributed by atoms with Gasteiger partial charge in [-0.3, -0.25) is 0 Å². The van der Waals surface area contributed by atoms with Crippen LogP contribution in [0.5, 0.6) is 0 Å². The van der Waals surface area contributed by atoms with Crippen LogP contribution in [-0.4, -0.2) is 42.2 Å². The van der Waals surface area contributed by atoms with E-state index >= 15 is 0 Å². The Labute approximate surface area is 79.3 Å². The lowest BCUT2D eigenvalue weighted by Crippen LogP contribution is -1.84. The first-order valence-electron chi connectivity index (χ1n) is 2.55. The normalized spacial score (nSPS) is 10.1. The van der Waals surface area contributed by atoms with Gasteiger partial charge in [0.25, 0.3) is 0 Å². The van der Waals surface area contributed by atoms with Crippen LogP contribution < -0.4 is 0 Å². The Hall–Kier alpha value is 0.140. The van der Waals surface area contributed by atoms with Crippen LogP contribution in [0.25, 0.3) is 0 Å². The number of rotatable bonds is 2. The van der Waals surface area contributed by atoms with Crippen molar-refractivity contribution >= 4 is 15.6 Å². The maximum absolute atomic E-state index is 9.63. The van der Waals surface area contributed by atoms with Gasteiger partial charge in [0.05, 0.1) is 0 Å². The third-order valence-electron chi connectivity index (χ3n) is 0.213. The van der Waals surface area contributed by atoms with E-state index in [2.05, 4.69) is 4.31 Å². The van der Waals surface area contributed by atoms with E-state index in [1.165, 1.54) is 0 Å². The minimum absolute atomic E-state index is 0. The second-order valence-electron chi connectivity index (χ2n) is 1.38. The van der Waals surface area contributed by atoms with Crippen LogP contribution in [-0.2, 0) is 13.4 Å². The molecule has 0 atom stereocenters. The van der Waals surface area contributed by atoms with Crippen molar-refractivity contribution in [2.45, 2.75) is 6.92 Å². The van der Waals surface area contributed by atoms with Gasteiger partial charge < -0.3 is 35.6 Å². The van der Waals surface area contributed by atoms with Crippen molar-refractivity contribution in [2.24, 2.45) is 0 Å². The molecule has 92 valence electrons. The van der Waals surface area contributed by atoms with Gasteiger partial charge in [0.1, 0.15) is 0 Å². The van der Waals surface area contributed by atoms with E-state index < -0.39 is 15.6 Å². The quantitative estimate of drug-likeness (QED) is 0.335. The van der Waals surface area contributed by atoms with Crippen LogP contribution in [0.4, 0.5) is 0 Å². The van der Waals surface area contributed by atoms with E-state index in [0.717, 1.165) is 0 Å². The van der Waals surface area contributed by atoms with Crippen molar-refractivity contribution in [2.75, 3.05) is 6.61 Å². The third-order valence-corrected chi connectivity index (χ3v) is 1.91. The highest BCUT2D eigenvalue weighted by atomic mass is 31.3. The molecule has 0 bridgehead atoms. The average molecular weight is 260 g/mol. The van der Waals surface area contributed by atoms with Crippen molar-refractivity contribution in [3.63, 3.8) is 0 Å². The molecule has 0 aliphatic rings. The molecule has 0 aromatic carbocycles. The molecule has 0 unspecified atom stereocenters. The lowest BCUT2D eigenvalue weighted by Gasteiger charge is -2.03. The number of hydrogen-bond donors (Lipinski definition) is 5. The van der Waals surface area contributed by atoms with E-state index in [1.54, 1.807) is 6.92 Å². The lowest BCUT2D eigenvalue weighted by atomic mass is 10.9. The summed E-state index contributed by atoms with van der Waals surface area (Å²) in [4.78, 5) is 31.0. The maximum atomic E-state index is 9.63. The van der Waals surface area contributed by atoms with Crippen LogP contribution in [0.1, 0.15) is 6.92 Å². The molecule has 12 heteroatoms. The summed E-state index contributed by atoms with van der Waals surface area (Å²) < 4.78 is 22.2. The Morgan fingerprint density at radius 3 is 1.14 bits per heavy atom. The Bertz CT molecular complexity index is 168. The predicted octanol–water partition coefficient (Wildman–Crippen LogP) is -2.46. The smallest absolute Gasteiger partial charge is 0.412 e. The van der Waals surface area contributed by atoms with Gasteiger partial charge in [-0.25, -0.2) is 9.13 Å². The maximum Gasteiger partial charge on any atom is 0.478 e. The first-order chi connectivity index (χ1) is 5.12. The molecule has 0 rings (SSSR count). The zero-order valence-electron chi connectivity index (χ0n) is 7.06. The first-order valence-corrected chi connectivity index (χ1v) is 5.61. The molecule has 0 fully saturated rings. The summed E-state index contributed by atoms with van der Waals surface area (Å²) in [5.74, 6) is 0. The summed E-state index contributed by atoms with van der Waals surface area (Å²) in [6.45, 7) is 1.93. The molecular weight excluding hydrogens is 246 g/mol. The lowest BCUT2D eigenvalue weighted by molar-refractivity contribution is 0.225. The Morgan fingerprint density at radius 1 is 1.00 bits per heavy atom. The molecule has 14 heavy (non-hydrogen) atoms. The summed E-state index contributed by atoms with van der Waals surface area (Å²) in [6.07, 6.45) is 0. The number of aliphatic hydroxyl groups is 1. The van der Waals surface area contributed by atoms with Gasteiger partial charge in [-0.15, -0.1) is 0 Å². The number of hydrogen-bond acceptors (Lipinski definition) is 4. The minimum Gasteiger partial charge on any atom is -0.412 e. The van der Waals surface area contributed by atoms with Gasteiger partial charge in [-0.1, -0.05) is 0 Å². The summed E-state index contributed by atoms with van der Waals surface area (Å²) in [5.41, 5.74) is 0. The Kier molecular flexibility index (Phi) is 16.4. The molecule has 10 nitrogen and oxygen atoms in total. The van der Waals surface area contributed by atoms with Gasteiger partial charge in [-0.2, -0.15) is 4.31 Å². The zero-order valence-corrected chi connectivity index (χ0v) is 8.85. The van der Waals surface area contributed by atoms with Crippen molar-refractivity contribution in [1.82, 2.24) is 0 Å². The Morgan fingerprint density at radius 2 is 1.14 bits per heavy atom. The molecule has 0 aromatic heterocycles. The van der Waals surface area contributed by atoms with Crippen molar-refractivity contribution in [3.05, 3.63) is 0 Å². The monoisotopic (exact) mass is 260 g/mol. The van der Waals surface area contributed by atoms with Gasteiger partial charge >= 0.3 is 15.6 Å². The molecule has 9 N–H and O–H groups in total. The highest BCUT2D eigenvalue weighted by Gasteiger charge is 2.27. The fourth-order valence-electron chi connectivity index (χ4n) is 0.139. The van der Waals surface area contributed by atoms with E-state index in [4.69, 9.17) is 24.7 Å². The second kappa shape index (κ2) is 9.69. The van der Waals surface area contributed by atoms with Gasteiger partial charge in [0, 0.05) is 6.61 Å². The van der Waals surface area contributed by atoms with Crippen LogP contribution in [0.15, 0.2) is 0 Å². The molecule has 0 aliphatic carbocycles. The third kappa shape index (κ3) is 40.0. The molecule has 0 aromatic rings. The summed E-state index contributed by atoms with van der Waals surface area (Å²) in [6, 6.07) is 0. The van der Waals surface area contributed by atoms with Gasteiger partial charge in [0.15, 0.2) is 0 Å². The number of phosphoric acid groups is 2. The summed E-state index contributed by atoms with van der Waals surface area (Å²) in [5, 5.41) is 7.57. The molecule has 0 amide bonds. The van der Waals surface area contributed by atoms with Gasteiger partial charge in [-0.05, 0) is 6.92 Å². The van der Waals surface area contributed by atoms with Crippen LogP contribution in [0, 0.1) is 0 Å². The SMILES string of the molecule is CCO.O.O.O=P(O)(O)OP(=O)(O)O. The standard InChI is InChI=1S/C2H6O.H4O7P2.2H2O/c1-2-3;1-8(2,3)7-9(4,5)6;;/h3H,2H2,1H3;(H2,1,2,3)(H2,4,5,6);2*1H2. The van der Waals surface area contributed by atoms with Crippen LogP contribution >= 0.6 is 15.6 Å². The predicted molar refractivity (Wildman–Crippen MR) is 45.2 cm³/mol. The summed E-state index contributed by atoms with van der Waals surface area (Å²) >= 11 is 0. The van der Waals surface area contributed by atoms with Crippen molar-refractivity contribution < 1.29 is 49.1 Å². The topological polar surface area (TPSA) is 208 Å². The molecule has 0 aliphatic heterocycles. The average Bonchev–Trinajstić information content (AvgIpc) is 1.53. The van der Waals surface area contributed by atoms with Crippen molar-refractivity contribution in [1.29, 1.82) is 0 Å². The van der Waals surface area contributed by atoms with E-state index in [1.807, 2.05) is 0 Å². The Balaban J connectivity index is -0.0000000891. The first kappa shape index (κ1) is 23.7. The summed E-state index contributed by atoms with van der Waals surface area (Å²) in [7, 11) is -10.1. The molecule has 0 saturated carbocycles. The van der Waals surface area contributed by atoms with Crippen molar-refractivity contribution in [3.8, 4) is 0 Å². The van der Waals surface area contributed by atoms with E-state index in [9.17, 15) is 9.13 Å². The number of aliphatic hydroxyl groups excluding tert-OH is 1. The van der Waals surface area contributed by atoms with E-state index in [-0.39, 0.29) is 17.6 Å². The van der Waals surface area contributed by atoms with Crippen LogP contribution in [0.2, 0.25) is 0 Å². The largest absolute Gasteiger partial charge is 0.478 e. The van der Waals surface area contributed by atoms with Gasteiger partial charge in [0.2, 0.25) is 0 Å². The minimum atomic E-state index is -5.05. The molecule has 0 radical (unpaired) electrons. The fourth-order valence-corrected chi connectivity index (χ4v) is 1.25. The fraction of sp³-hybridized carbons (Fsp3) is 1.00. The highest BCUT2D eigenvalue weighted by molar-refractivity contribution is 7.60. The second-order valence-corrected chi connectivity index (χ2v) is 3.99. The van der Waals surface area contributed by atoms with Crippen LogP contribution in [0.3, 0.4) is 0 Å². The highest BCUT2D eigenvalue weighted by Crippen LogP contribution is 2.53.